The Labute approximate surface area is 108 Å². The molecule has 0 saturated heterocycles. The largest absolute Gasteiger partial charge is 0.330 e. The number of rotatable bonds is 5. The summed E-state index contributed by atoms with van der Waals surface area (Å²) in [5.74, 6) is -0.000147. The number of carbonyl (C=O) groups is 1. The maximum atomic E-state index is 11.6. The van der Waals surface area contributed by atoms with Crippen LogP contribution >= 0.6 is 0 Å². The van der Waals surface area contributed by atoms with Crippen molar-refractivity contribution in [2.75, 3.05) is 18.4 Å². The van der Waals surface area contributed by atoms with E-state index in [2.05, 4.69) is 23.2 Å². The molecule has 3 N–H and O–H groups in total. The molecule has 1 aliphatic heterocycles. The molecule has 0 spiro atoms. The molecule has 2 rings (SSSR count). The quantitative estimate of drug-likeness (QED) is 0.832. The van der Waals surface area contributed by atoms with Crippen LogP contribution in [0.5, 0.6) is 0 Å². The predicted molar refractivity (Wildman–Crippen MR) is 73.1 cm³/mol. The zero-order chi connectivity index (χ0) is 13.0. The highest BCUT2D eigenvalue weighted by Crippen LogP contribution is 2.29. The van der Waals surface area contributed by atoms with Gasteiger partial charge in [0.1, 0.15) is 0 Å². The molecule has 4 nitrogen and oxygen atoms in total. The first-order valence-corrected chi connectivity index (χ1v) is 6.57. The van der Waals surface area contributed by atoms with Gasteiger partial charge < -0.3 is 11.1 Å². The molecule has 0 bridgehead atoms. The van der Waals surface area contributed by atoms with E-state index in [0.717, 1.165) is 31.7 Å². The molecular formula is C14H21N3O. The fourth-order valence-electron chi connectivity index (χ4n) is 2.43. The lowest BCUT2D eigenvalue weighted by atomic mass is 10.1. The lowest BCUT2D eigenvalue weighted by Crippen LogP contribution is -2.18. The molecule has 98 valence electrons. The minimum Gasteiger partial charge on any atom is -0.330 e. The smallest absolute Gasteiger partial charge is 0.225 e. The Morgan fingerprint density at radius 3 is 3.00 bits per heavy atom. The van der Waals surface area contributed by atoms with Gasteiger partial charge in [0.05, 0.1) is 0 Å². The maximum absolute atomic E-state index is 11.6. The SMILES string of the molecule is CCCN1Cc2cccc(NC(=O)CCN)c2C1. The van der Waals surface area contributed by atoms with E-state index in [1.54, 1.807) is 0 Å². The van der Waals surface area contributed by atoms with Crippen molar-refractivity contribution in [2.45, 2.75) is 32.9 Å². The van der Waals surface area contributed by atoms with Crippen molar-refractivity contribution in [1.82, 2.24) is 4.90 Å². The second-order valence-corrected chi connectivity index (χ2v) is 4.74. The molecular weight excluding hydrogens is 226 g/mol. The van der Waals surface area contributed by atoms with E-state index in [9.17, 15) is 4.79 Å². The van der Waals surface area contributed by atoms with Crippen molar-refractivity contribution in [1.29, 1.82) is 0 Å². The first kappa shape index (κ1) is 13.1. The molecule has 18 heavy (non-hydrogen) atoms. The van der Waals surface area contributed by atoms with Crippen molar-refractivity contribution in [3.05, 3.63) is 29.3 Å². The van der Waals surface area contributed by atoms with Gasteiger partial charge in [-0.05, 0) is 30.2 Å². The van der Waals surface area contributed by atoms with Crippen molar-refractivity contribution in [3.8, 4) is 0 Å². The molecule has 0 unspecified atom stereocenters. The summed E-state index contributed by atoms with van der Waals surface area (Å²) in [7, 11) is 0. The van der Waals surface area contributed by atoms with Crippen LogP contribution in [0.4, 0.5) is 5.69 Å². The third kappa shape index (κ3) is 2.89. The lowest BCUT2D eigenvalue weighted by Gasteiger charge is -2.13. The van der Waals surface area contributed by atoms with Gasteiger partial charge in [0, 0.05) is 31.7 Å². The van der Waals surface area contributed by atoms with Crippen molar-refractivity contribution < 1.29 is 4.79 Å². The summed E-state index contributed by atoms with van der Waals surface area (Å²) in [5.41, 5.74) is 8.93. The number of amides is 1. The first-order valence-electron chi connectivity index (χ1n) is 6.57. The number of benzene rings is 1. The molecule has 0 radical (unpaired) electrons. The molecule has 0 fully saturated rings. The third-order valence-corrected chi connectivity index (χ3v) is 3.23. The van der Waals surface area contributed by atoms with Crippen LogP contribution in [0.3, 0.4) is 0 Å². The van der Waals surface area contributed by atoms with Gasteiger partial charge in [-0.2, -0.15) is 0 Å². The number of hydrogen-bond donors (Lipinski definition) is 2. The van der Waals surface area contributed by atoms with Crippen LogP contribution in [0.15, 0.2) is 18.2 Å². The highest BCUT2D eigenvalue weighted by molar-refractivity contribution is 5.91. The highest BCUT2D eigenvalue weighted by atomic mass is 16.1. The van der Waals surface area contributed by atoms with Gasteiger partial charge >= 0.3 is 0 Å². The van der Waals surface area contributed by atoms with Gasteiger partial charge in [-0.25, -0.2) is 0 Å². The van der Waals surface area contributed by atoms with Crippen LogP contribution in [0, 0.1) is 0 Å². The minimum atomic E-state index is -0.000147. The average molecular weight is 247 g/mol. The molecule has 1 heterocycles. The zero-order valence-corrected chi connectivity index (χ0v) is 10.9. The Hall–Kier alpha value is -1.39. The van der Waals surface area contributed by atoms with E-state index < -0.39 is 0 Å². The van der Waals surface area contributed by atoms with Crippen LogP contribution in [-0.2, 0) is 17.9 Å². The minimum absolute atomic E-state index is 0.000147. The highest BCUT2D eigenvalue weighted by Gasteiger charge is 2.21. The van der Waals surface area contributed by atoms with Gasteiger partial charge in [0.15, 0.2) is 0 Å². The Morgan fingerprint density at radius 2 is 2.28 bits per heavy atom. The monoisotopic (exact) mass is 247 g/mol. The molecule has 1 aliphatic rings. The Balaban J connectivity index is 2.11. The fraction of sp³-hybridized carbons (Fsp3) is 0.500. The van der Waals surface area contributed by atoms with E-state index in [1.807, 2.05) is 12.1 Å². The van der Waals surface area contributed by atoms with Crippen molar-refractivity contribution in [2.24, 2.45) is 5.73 Å². The normalized spacial score (nSPS) is 14.6. The summed E-state index contributed by atoms with van der Waals surface area (Å²) >= 11 is 0. The van der Waals surface area contributed by atoms with Crippen LogP contribution in [-0.4, -0.2) is 23.9 Å². The summed E-state index contributed by atoms with van der Waals surface area (Å²) in [6.45, 7) is 5.60. The van der Waals surface area contributed by atoms with Crippen LogP contribution in [0.2, 0.25) is 0 Å². The van der Waals surface area contributed by atoms with Gasteiger partial charge in [-0.3, -0.25) is 9.69 Å². The number of carbonyl (C=O) groups excluding carboxylic acids is 1. The molecule has 0 saturated carbocycles. The van der Waals surface area contributed by atoms with Crippen LogP contribution in [0.25, 0.3) is 0 Å². The molecule has 1 amide bonds. The third-order valence-electron chi connectivity index (χ3n) is 3.23. The summed E-state index contributed by atoms with van der Waals surface area (Å²) in [5, 5.41) is 2.96. The van der Waals surface area contributed by atoms with E-state index in [4.69, 9.17) is 5.73 Å². The Bertz CT molecular complexity index is 431. The molecule has 1 aromatic rings. The standard InChI is InChI=1S/C14H21N3O/c1-2-8-17-9-11-4-3-5-13(12(11)10-17)16-14(18)6-7-15/h3-5H,2,6-10,15H2,1H3,(H,16,18). The number of nitrogens with one attached hydrogen (secondary N) is 1. The molecule has 0 aliphatic carbocycles. The number of hydrogen-bond acceptors (Lipinski definition) is 3. The first-order chi connectivity index (χ1) is 8.74. The number of nitrogens with zero attached hydrogens (tertiary/aromatic N) is 1. The van der Waals surface area contributed by atoms with Crippen molar-refractivity contribution in [3.63, 3.8) is 0 Å². The number of nitrogens with two attached hydrogens (primary N) is 1. The molecule has 0 aromatic heterocycles. The van der Waals surface area contributed by atoms with E-state index in [0.29, 0.717) is 13.0 Å². The van der Waals surface area contributed by atoms with Gasteiger partial charge in [0.25, 0.3) is 0 Å². The van der Waals surface area contributed by atoms with E-state index in [1.165, 1.54) is 11.1 Å². The van der Waals surface area contributed by atoms with Gasteiger partial charge in [0.2, 0.25) is 5.91 Å². The summed E-state index contributed by atoms with van der Waals surface area (Å²) in [6.07, 6.45) is 1.53. The topological polar surface area (TPSA) is 58.4 Å². The summed E-state index contributed by atoms with van der Waals surface area (Å²) in [6, 6.07) is 6.12. The maximum Gasteiger partial charge on any atom is 0.225 e. The van der Waals surface area contributed by atoms with Crippen LogP contribution in [0.1, 0.15) is 30.9 Å². The lowest BCUT2D eigenvalue weighted by molar-refractivity contribution is -0.116. The summed E-state index contributed by atoms with van der Waals surface area (Å²) in [4.78, 5) is 14.0. The second-order valence-electron chi connectivity index (χ2n) is 4.74. The van der Waals surface area contributed by atoms with Gasteiger partial charge in [-0.15, -0.1) is 0 Å². The summed E-state index contributed by atoms with van der Waals surface area (Å²) < 4.78 is 0. The van der Waals surface area contributed by atoms with E-state index in [-0.39, 0.29) is 5.91 Å². The molecule has 0 atom stereocenters. The number of fused-ring (bicyclic) bond motifs is 1. The average Bonchev–Trinajstić information content (AvgIpc) is 2.73. The molecule has 4 heteroatoms. The second kappa shape index (κ2) is 5.98. The molecule has 1 aromatic carbocycles. The fourth-order valence-corrected chi connectivity index (χ4v) is 2.43. The van der Waals surface area contributed by atoms with E-state index >= 15 is 0 Å². The Morgan fingerprint density at radius 1 is 1.44 bits per heavy atom. The van der Waals surface area contributed by atoms with Crippen molar-refractivity contribution >= 4 is 11.6 Å². The van der Waals surface area contributed by atoms with Gasteiger partial charge in [-0.1, -0.05) is 19.1 Å². The predicted octanol–water partition coefficient (Wildman–Crippen LogP) is 1.70. The number of anilines is 1. The zero-order valence-electron chi connectivity index (χ0n) is 10.9. The Kier molecular flexibility index (Phi) is 4.33. The van der Waals surface area contributed by atoms with Crippen LogP contribution < -0.4 is 11.1 Å².